The average molecular weight is 238 g/mol. The van der Waals surface area contributed by atoms with Gasteiger partial charge >= 0.3 is 0 Å². The lowest BCUT2D eigenvalue weighted by Crippen LogP contribution is -2.18. The van der Waals surface area contributed by atoms with Gasteiger partial charge in [0.05, 0.1) is 11.0 Å². The summed E-state index contributed by atoms with van der Waals surface area (Å²) in [4.78, 5) is 20.8. The van der Waals surface area contributed by atoms with Gasteiger partial charge in [-0.15, -0.1) is 0 Å². The van der Waals surface area contributed by atoms with E-state index in [9.17, 15) is 14.9 Å². The van der Waals surface area contributed by atoms with Gasteiger partial charge in [-0.3, -0.25) is 14.9 Å². The molecule has 17 heavy (non-hydrogen) atoms. The molecule has 1 unspecified atom stereocenters. The Balaban J connectivity index is 2.90. The second-order valence-corrected chi connectivity index (χ2v) is 3.58. The van der Waals surface area contributed by atoms with E-state index in [0.717, 1.165) is 0 Å². The second-order valence-electron chi connectivity index (χ2n) is 3.58. The Hall–Kier alpha value is -1.95. The van der Waals surface area contributed by atoms with Crippen molar-refractivity contribution in [3.8, 4) is 0 Å². The lowest BCUT2D eigenvalue weighted by atomic mass is 10.2. The molecule has 0 amide bonds. The van der Waals surface area contributed by atoms with Crippen LogP contribution in [0.5, 0.6) is 0 Å². The van der Waals surface area contributed by atoms with E-state index in [1.807, 2.05) is 6.92 Å². The van der Waals surface area contributed by atoms with Crippen molar-refractivity contribution in [2.75, 3.05) is 19.0 Å². The molecule has 0 aromatic heterocycles. The van der Waals surface area contributed by atoms with E-state index in [2.05, 4.69) is 5.32 Å². The summed E-state index contributed by atoms with van der Waals surface area (Å²) in [6.07, 6.45) is 0.523. The molecule has 1 aromatic rings. The Morgan fingerprint density at radius 1 is 1.59 bits per heavy atom. The van der Waals surface area contributed by atoms with Gasteiger partial charge in [-0.2, -0.15) is 0 Å². The van der Waals surface area contributed by atoms with Crippen LogP contribution in [0.2, 0.25) is 0 Å². The van der Waals surface area contributed by atoms with Gasteiger partial charge in [0.25, 0.3) is 5.69 Å². The highest BCUT2D eigenvalue weighted by molar-refractivity contribution is 5.79. The van der Waals surface area contributed by atoms with E-state index in [-0.39, 0.29) is 17.4 Å². The minimum Gasteiger partial charge on any atom is -0.380 e. The first-order valence-electron chi connectivity index (χ1n) is 5.08. The van der Waals surface area contributed by atoms with Gasteiger partial charge in [-0.25, -0.2) is 0 Å². The number of methoxy groups -OCH3 is 1. The summed E-state index contributed by atoms with van der Waals surface area (Å²) in [5, 5.41) is 13.7. The zero-order valence-electron chi connectivity index (χ0n) is 9.67. The number of hydrogen-bond acceptors (Lipinski definition) is 5. The van der Waals surface area contributed by atoms with Gasteiger partial charge in [0.2, 0.25) is 0 Å². The first kappa shape index (κ1) is 13.1. The Kier molecular flexibility index (Phi) is 4.59. The number of nitrogens with zero attached hydrogens (tertiary/aromatic N) is 1. The molecule has 1 N–H and O–H groups in total. The SMILES string of the molecule is COC(C)CNc1ccc(C=O)cc1[N+](=O)[O-]. The molecule has 0 saturated heterocycles. The molecule has 6 heteroatoms. The van der Waals surface area contributed by atoms with Crippen LogP contribution in [0.15, 0.2) is 18.2 Å². The third kappa shape index (κ3) is 3.53. The van der Waals surface area contributed by atoms with Crippen LogP contribution in [0.1, 0.15) is 17.3 Å². The number of anilines is 1. The predicted octanol–water partition coefficient (Wildman–Crippen LogP) is 1.85. The molecule has 0 fully saturated rings. The van der Waals surface area contributed by atoms with Crippen molar-refractivity contribution >= 4 is 17.7 Å². The number of benzene rings is 1. The van der Waals surface area contributed by atoms with Crippen molar-refractivity contribution < 1.29 is 14.5 Å². The molecule has 0 aliphatic carbocycles. The highest BCUT2D eigenvalue weighted by Gasteiger charge is 2.14. The number of nitro groups is 1. The fourth-order valence-electron chi connectivity index (χ4n) is 1.26. The third-order valence-electron chi connectivity index (χ3n) is 2.34. The number of nitro benzene ring substituents is 1. The Morgan fingerprint density at radius 3 is 2.82 bits per heavy atom. The van der Waals surface area contributed by atoms with Crippen molar-refractivity contribution in [3.05, 3.63) is 33.9 Å². The summed E-state index contributed by atoms with van der Waals surface area (Å²) < 4.78 is 5.03. The van der Waals surface area contributed by atoms with Crippen LogP contribution in [0.4, 0.5) is 11.4 Å². The second kappa shape index (κ2) is 5.95. The largest absolute Gasteiger partial charge is 0.380 e. The van der Waals surface area contributed by atoms with Crippen molar-refractivity contribution in [2.45, 2.75) is 13.0 Å². The first-order valence-corrected chi connectivity index (χ1v) is 5.08. The molecule has 0 spiro atoms. The van der Waals surface area contributed by atoms with Crippen LogP contribution in [0.25, 0.3) is 0 Å². The van der Waals surface area contributed by atoms with Gasteiger partial charge in [0.15, 0.2) is 0 Å². The van der Waals surface area contributed by atoms with Crippen molar-refractivity contribution in [1.82, 2.24) is 0 Å². The number of ether oxygens (including phenoxy) is 1. The summed E-state index contributed by atoms with van der Waals surface area (Å²) in [7, 11) is 1.57. The molecular formula is C11H14N2O4. The van der Waals surface area contributed by atoms with Crippen LogP contribution < -0.4 is 5.32 Å². The van der Waals surface area contributed by atoms with Crippen molar-refractivity contribution in [3.63, 3.8) is 0 Å². The molecule has 0 bridgehead atoms. The van der Waals surface area contributed by atoms with Crippen LogP contribution in [0.3, 0.4) is 0 Å². The van der Waals surface area contributed by atoms with E-state index in [1.165, 1.54) is 18.2 Å². The lowest BCUT2D eigenvalue weighted by molar-refractivity contribution is -0.384. The number of aldehydes is 1. The molecular weight excluding hydrogens is 224 g/mol. The number of carbonyl (C=O) groups is 1. The van der Waals surface area contributed by atoms with Gasteiger partial charge in [0, 0.05) is 25.3 Å². The monoisotopic (exact) mass is 238 g/mol. The topological polar surface area (TPSA) is 81.5 Å². The lowest BCUT2D eigenvalue weighted by Gasteiger charge is -2.12. The normalized spacial score (nSPS) is 11.9. The number of carbonyl (C=O) groups excluding carboxylic acids is 1. The maximum atomic E-state index is 10.8. The molecule has 0 radical (unpaired) electrons. The smallest absolute Gasteiger partial charge is 0.293 e. The molecule has 1 aromatic carbocycles. The predicted molar refractivity (Wildman–Crippen MR) is 63.4 cm³/mol. The molecule has 92 valence electrons. The van der Waals surface area contributed by atoms with E-state index in [1.54, 1.807) is 7.11 Å². The molecule has 0 aliphatic heterocycles. The number of nitrogens with one attached hydrogen (secondary N) is 1. The molecule has 0 aliphatic rings. The summed E-state index contributed by atoms with van der Waals surface area (Å²) in [6.45, 7) is 2.30. The fourth-order valence-corrected chi connectivity index (χ4v) is 1.26. The third-order valence-corrected chi connectivity index (χ3v) is 2.34. The van der Waals surface area contributed by atoms with E-state index < -0.39 is 4.92 Å². The summed E-state index contributed by atoms with van der Waals surface area (Å²) >= 11 is 0. The van der Waals surface area contributed by atoms with Gasteiger partial charge in [0.1, 0.15) is 12.0 Å². The fraction of sp³-hybridized carbons (Fsp3) is 0.364. The molecule has 0 saturated carbocycles. The highest BCUT2D eigenvalue weighted by Crippen LogP contribution is 2.24. The van der Waals surface area contributed by atoms with Gasteiger partial charge in [-0.05, 0) is 19.1 Å². The molecule has 0 heterocycles. The molecule has 6 nitrogen and oxygen atoms in total. The Morgan fingerprint density at radius 2 is 2.29 bits per heavy atom. The van der Waals surface area contributed by atoms with Gasteiger partial charge < -0.3 is 10.1 Å². The van der Waals surface area contributed by atoms with E-state index in [4.69, 9.17) is 4.74 Å². The zero-order valence-corrected chi connectivity index (χ0v) is 9.67. The van der Waals surface area contributed by atoms with Gasteiger partial charge in [-0.1, -0.05) is 0 Å². The molecule has 1 rings (SSSR count). The van der Waals surface area contributed by atoms with Crippen LogP contribution >= 0.6 is 0 Å². The minimum atomic E-state index is -0.521. The maximum Gasteiger partial charge on any atom is 0.293 e. The zero-order chi connectivity index (χ0) is 12.8. The van der Waals surface area contributed by atoms with Crippen molar-refractivity contribution in [2.24, 2.45) is 0 Å². The quantitative estimate of drug-likeness (QED) is 0.464. The first-order chi connectivity index (χ1) is 8.08. The summed E-state index contributed by atoms with van der Waals surface area (Å²) in [5.41, 5.74) is 0.546. The van der Waals surface area contributed by atoms with E-state index >= 15 is 0 Å². The average Bonchev–Trinajstić information content (AvgIpc) is 2.35. The van der Waals surface area contributed by atoms with E-state index in [0.29, 0.717) is 18.5 Å². The molecule has 1 atom stereocenters. The number of hydrogen-bond donors (Lipinski definition) is 1. The summed E-state index contributed by atoms with van der Waals surface area (Å²) in [6, 6.07) is 4.29. The van der Waals surface area contributed by atoms with Crippen LogP contribution in [-0.2, 0) is 4.74 Å². The van der Waals surface area contributed by atoms with Crippen LogP contribution in [0, 0.1) is 10.1 Å². The van der Waals surface area contributed by atoms with Crippen molar-refractivity contribution in [1.29, 1.82) is 0 Å². The maximum absolute atomic E-state index is 10.8. The Labute approximate surface area is 98.7 Å². The summed E-state index contributed by atoms with van der Waals surface area (Å²) in [5.74, 6) is 0. The minimum absolute atomic E-state index is 0.0552. The highest BCUT2D eigenvalue weighted by atomic mass is 16.6. The number of rotatable bonds is 6. The standard InChI is InChI=1S/C11H14N2O4/c1-8(17-2)6-12-10-4-3-9(7-14)5-11(10)13(15)16/h3-5,7-8,12H,6H2,1-2H3. The Bertz CT molecular complexity index is 420. The van der Waals surface area contributed by atoms with Crippen LogP contribution in [-0.4, -0.2) is 31.0 Å².